The van der Waals surface area contributed by atoms with Gasteiger partial charge in [0.05, 0.1) is 5.60 Å². The Morgan fingerprint density at radius 1 is 1.42 bits per heavy atom. The van der Waals surface area contributed by atoms with Gasteiger partial charge in [-0.05, 0) is 31.9 Å². The highest BCUT2D eigenvalue weighted by molar-refractivity contribution is 7.80. The van der Waals surface area contributed by atoms with Gasteiger partial charge in [-0.15, -0.1) is 0 Å². The van der Waals surface area contributed by atoms with Crippen molar-refractivity contribution in [2.45, 2.75) is 31.9 Å². The summed E-state index contributed by atoms with van der Waals surface area (Å²) in [5.41, 5.74) is 7.82. The maximum Gasteiger partial charge on any atom is 0.103 e. The zero-order valence-electron chi connectivity index (χ0n) is 11.7. The van der Waals surface area contributed by atoms with E-state index in [1.54, 1.807) is 7.11 Å². The third kappa shape index (κ3) is 3.75. The van der Waals surface area contributed by atoms with Crippen LogP contribution in [0.25, 0.3) is 0 Å². The Bertz CT molecular complexity index is 446. The summed E-state index contributed by atoms with van der Waals surface area (Å²) in [6.45, 7) is 5.27. The third-order valence-corrected chi connectivity index (χ3v) is 4.11. The number of piperidine rings is 1. The van der Waals surface area contributed by atoms with Crippen molar-refractivity contribution in [3.63, 3.8) is 0 Å². The van der Waals surface area contributed by atoms with Gasteiger partial charge in [-0.1, -0.05) is 36.5 Å². The second-order valence-electron chi connectivity index (χ2n) is 5.53. The van der Waals surface area contributed by atoms with Crippen LogP contribution < -0.4 is 5.73 Å². The third-order valence-electron chi connectivity index (χ3n) is 3.88. The van der Waals surface area contributed by atoms with Gasteiger partial charge in [-0.2, -0.15) is 0 Å². The van der Waals surface area contributed by atoms with Crippen LogP contribution in [0.2, 0.25) is 0 Å². The lowest BCUT2D eigenvalue weighted by Crippen LogP contribution is -2.46. The Morgan fingerprint density at radius 3 is 2.68 bits per heavy atom. The van der Waals surface area contributed by atoms with Gasteiger partial charge in [0.15, 0.2) is 0 Å². The molecule has 0 aromatic heterocycles. The van der Waals surface area contributed by atoms with Crippen molar-refractivity contribution in [3.05, 3.63) is 35.4 Å². The summed E-state index contributed by atoms with van der Waals surface area (Å²) in [6, 6.07) is 8.20. The average Bonchev–Trinajstić information content (AvgIpc) is 2.39. The lowest BCUT2D eigenvalue weighted by molar-refractivity contribution is -0.0527. The van der Waals surface area contributed by atoms with E-state index in [-0.39, 0.29) is 5.60 Å². The molecule has 1 aromatic rings. The number of likely N-dealkylation sites (tertiary alicyclic amines) is 1. The number of nitrogens with two attached hydrogens (primary N) is 1. The monoisotopic (exact) mass is 278 g/mol. The highest BCUT2D eigenvalue weighted by Crippen LogP contribution is 2.25. The molecule has 1 fully saturated rings. The first-order valence-corrected chi connectivity index (χ1v) is 7.09. The number of ether oxygens (including phenoxy) is 1. The SMILES string of the molecule is COC1(C)CCCN(Cc2ccc(C(N)=S)cc2)C1. The summed E-state index contributed by atoms with van der Waals surface area (Å²) in [7, 11) is 1.81. The topological polar surface area (TPSA) is 38.5 Å². The molecular formula is C15H22N2OS. The molecule has 0 bridgehead atoms. The summed E-state index contributed by atoms with van der Waals surface area (Å²) in [5.74, 6) is 0. The molecule has 0 saturated carbocycles. The normalized spacial score (nSPS) is 24.3. The van der Waals surface area contributed by atoms with Crippen LogP contribution in [0.4, 0.5) is 0 Å². The molecule has 3 nitrogen and oxygen atoms in total. The zero-order chi connectivity index (χ0) is 13.9. The van der Waals surface area contributed by atoms with Gasteiger partial charge in [0, 0.05) is 25.8 Å². The fourth-order valence-electron chi connectivity index (χ4n) is 2.64. The van der Waals surface area contributed by atoms with E-state index in [9.17, 15) is 0 Å². The fourth-order valence-corrected chi connectivity index (χ4v) is 2.78. The molecule has 1 aliphatic rings. The molecule has 1 aliphatic heterocycles. The van der Waals surface area contributed by atoms with E-state index in [1.165, 1.54) is 12.0 Å². The summed E-state index contributed by atoms with van der Waals surface area (Å²) < 4.78 is 5.62. The van der Waals surface area contributed by atoms with Gasteiger partial charge in [-0.3, -0.25) is 4.90 Å². The second kappa shape index (κ2) is 5.99. The van der Waals surface area contributed by atoms with Crippen LogP contribution in [0, 0.1) is 0 Å². The van der Waals surface area contributed by atoms with Crippen LogP contribution in [-0.2, 0) is 11.3 Å². The van der Waals surface area contributed by atoms with Crippen molar-refractivity contribution in [2.24, 2.45) is 5.73 Å². The largest absolute Gasteiger partial charge is 0.389 e. The number of hydrogen-bond donors (Lipinski definition) is 1. The van der Waals surface area contributed by atoms with E-state index in [2.05, 4.69) is 24.0 Å². The van der Waals surface area contributed by atoms with Gasteiger partial charge in [0.2, 0.25) is 0 Å². The van der Waals surface area contributed by atoms with E-state index in [1.807, 2.05) is 12.1 Å². The van der Waals surface area contributed by atoms with Gasteiger partial charge in [0.1, 0.15) is 4.99 Å². The minimum atomic E-state index is -0.00296. The Balaban J connectivity index is 1.99. The molecule has 1 aromatic carbocycles. The predicted molar refractivity (Wildman–Crippen MR) is 82.3 cm³/mol. The highest BCUT2D eigenvalue weighted by Gasteiger charge is 2.30. The first-order valence-electron chi connectivity index (χ1n) is 6.69. The number of thiocarbonyl (C=S) groups is 1. The fraction of sp³-hybridized carbons (Fsp3) is 0.533. The standard InChI is InChI=1S/C15H22N2OS/c1-15(18-2)8-3-9-17(11-15)10-12-4-6-13(7-5-12)14(16)19/h4-7H,3,8-11H2,1-2H3,(H2,16,19). The van der Waals surface area contributed by atoms with Crippen molar-refractivity contribution in [3.8, 4) is 0 Å². The molecule has 1 saturated heterocycles. The molecule has 1 heterocycles. The summed E-state index contributed by atoms with van der Waals surface area (Å²) in [4.78, 5) is 2.90. The first kappa shape index (κ1) is 14.4. The summed E-state index contributed by atoms with van der Waals surface area (Å²) in [6.07, 6.45) is 2.33. The van der Waals surface area contributed by atoms with Crippen molar-refractivity contribution in [1.29, 1.82) is 0 Å². The molecule has 2 N–H and O–H groups in total. The van der Waals surface area contributed by atoms with Crippen molar-refractivity contribution >= 4 is 17.2 Å². The number of nitrogens with zero attached hydrogens (tertiary/aromatic N) is 1. The smallest absolute Gasteiger partial charge is 0.103 e. The lowest BCUT2D eigenvalue weighted by Gasteiger charge is -2.39. The molecule has 0 spiro atoms. The maximum atomic E-state index is 5.62. The van der Waals surface area contributed by atoms with E-state index < -0.39 is 0 Å². The van der Waals surface area contributed by atoms with Crippen molar-refractivity contribution in [2.75, 3.05) is 20.2 Å². The minimum absolute atomic E-state index is 0.00296. The van der Waals surface area contributed by atoms with Gasteiger partial charge < -0.3 is 10.5 Å². The van der Waals surface area contributed by atoms with Crippen LogP contribution in [0.5, 0.6) is 0 Å². The molecule has 104 valence electrons. The Morgan fingerprint density at radius 2 is 2.11 bits per heavy atom. The minimum Gasteiger partial charge on any atom is -0.389 e. The number of rotatable bonds is 4. The van der Waals surface area contributed by atoms with Crippen molar-refractivity contribution < 1.29 is 4.74 Å². The Labute approximate surface area is 120 Å². The number of benzene rings is 1. The molecule has 0 aliphatic carbocycles. The number of methoxy groups -OCH3 is 1. The zero-order valence-corrected chi connectivity index (χ0v) is 12.5. The molecule has 2 rings (SSSR count). The Kier molecular flexibility index (Phi) is 4.55. The first-order chi connectivity index (χ1) is 9.02. The maximum absolute atomic E-state index is 5.62. The lowest BCUT2D eigenvalue weighted by atomic mass is 9.94. The number of hydrogen-bond acceptors (Lipinski definition) is 3. The molecule has 4 heteroatoms. The van der Waals surface area contributed by atoms with E-state index in [4.69, 9.17) is 22.7 Å². The predicted octanol–water partition coefficient (Wildman–Crippen LogP) is 2.32. The van der Waals surface area contributed by atoms with Crippen LogP contribution in [0.3, 0.4) is 0 Å². The van der Waals surface area contributed by atoms with Crippen LogP contribution >= 0.6 is 12.2 Å². The Hall–Kier alpha value is -0.970. The highest BCUT2D eigenvalue weighted by atomic mass is 32.1. The van der Waals surface area contributed by atoms with Crippen LogP contribution in [0.1, 0.15) is 30.9 Å². The molecule has 1 unspecified atom stereocenters. The van der Waals surface area contributed by atoms with Crippen molar-refractivity contribution in [1.82, 2.24) is 4.90 Å². The van der Waals surface area contributed by atoms with Gasteiger partial charge in [-0.25, -0.2) is 0 Å². The molecular weight excluding hydrogens is 256 g/mol. The van der Waals surface area contributed by atoms with Gasteiger partial charge >= 0.3 is 0 Å². The molecule has 1 atom stereocenters. The van der Waals surface area contributed by atoms with E-state index >= 15 is 0 Å². The molecule has 0 radical (unpaired) electrons. The van der Waals surface area contributed by atoms with E-state index in [0.717, 1.165) is 31.6 Å². The molecule has 19 heavy (non-hydrogen) atoms. The summed E-state index contributed by atoms with van der Waals surface area (Å²) >= 11 is 4.96. The summed E-state index contributed by atoms with van der Waals surface area (Å²) in [5, 5.41) is 0. The second-order valence-corrected chi connectivity index (χ2v) is 5.97. The molecule has 0 amide bonds. The quantitative estimate of drug-likeness (QED) is 0.858. The average molecular weight is 278 g/mol. The van der Waals surface area contributed by atoms with E-state index in [0.29, 0.717) is 4.99 Å². The van der Waals surface area contributed by atoms with Crippen LogP contribution in [0.15, 0.2) is 24.3 Å². The van der Waals surface area contributed by atoms with Gasteiger partial charge in [0.25, 0.3) is 0 Å². The van der Waals surface area contributed by atoms with Crippen LogP contribution in [-0.4, -0.2) is 35.7 Å².